The van der Waals surface area contributed by atoms with E-state index in [1.54, 1.807) is 11.5 Å². The van der Waals surface area contributed by atoms with Crippen molar-refractivity contribution >= 4 is 23.4 Å². The lowest BCUT2D eigenvalue weighted by molar-refractivity contribution is -0.136. The van der Waals surface area contributed by atoms with Gasteiger partial charge in [-0.25, -0.2) is 14.5 Å². The van der Waals surface area contributed by atoms with E-state index in [9.17, 15) is 9.59 Å². The fourth-order valence-electron chi connectivity index (χ4n) is 5.46. The number of hydrogen-bond acceptors (Lipinski definition) is 6. The standard InChI is InChI=1S/C36H34N4O3S/c1-22-12-14-24(15-13-22)31-26(21-39(38-31)28-10-8-7-9-11-28)20-29-33(41)40-32(25-16-18-27(19-17-25)36(3,4)5)30(34(42)43-6)23(2)37-35(40)44-29/h7-21,32H,1-6H3/b29-20-. The average Bonchev–Trinajstić information content (AvgIpc) is 3.57. The summed E-state index contributed by atoms with van der Waals surface area (Å²) in [4.78, 5) is 32.6. The number of ether oxygens (including phenoxy) is 1. The first kappa shape index (κ1) is 29.3. The van der Waals surface area contributed by atoms with Crippen molar-refractivity contribution in [3.05, 3.63) is 138 Å². The molecule has 1 unspecified atom stereocenters. The first-order valence-corrected chi connectivity index (χ1v) is 15.3. The third kappa shape index (κ3) is 5.37. The molecule has 0 saturated heterocycles. The monoisotopic (exact) mass is 602 g/mol. The zero-order valence-electron chi connectivity index (χ0n) is 25.7. The van der Waals surface area contributed by atoms with E-state index in [4.69, 9.17) is 14.8 Å². The molecular weight excluding hydrogens is 568 g/mol. The number of para-hydroxylation sites is 1. The highest BCUT2D eigenvalue weighted by atomic mass is 32.1. The molecule has 3 heterocycles. The molecule has 0 amide bonds. The number of esters is 1. The Labute approximate surface area is 260 Å². The number of fused-ring (bicyclic) bond motifs is 1. The van der Waals surface area contributed by atoms with E-state index in [-0.39, 0.29) is 11.0 Å². The van der Waals surface area contributed by atoms with Crippen LogP contribution in [-0.2, 0) is 14.9 Å². The van der Waals surface area contributed by atoms with Gasteiger partial charge in [0.05, 0.1) is 40.3 Å². The Morgan fingerprint density at radius 1 is 0.955 bits per heavy atom. The van der Waals surface area contributed by atoms with Crippen LogP contribution in [0.2, 0.25) is 0 Å². The molecular formula is C36H34N4O3S. The van der Waals surface area contributed by atoms with Crippen molar-refractivity contribution in [2.75, 3.05) is 7.11 Å². The Bertz CT molecular complexity index is 2080. The van der Waals surface area contributed by atoms with Gasteiger partial charge in [0.25, 0.3) is 5.56 Å². The van der Waals surface area contributed by atoms with Crippen LogP contribution in [0.25, 0.3) is 23.0 Å². The summed E-state index contributed by atoms with van der Waals surface area (Å²) in [6.07, 6.45) is 3.82. The molecule has 0 N–H and O–H groups in total. The van der Waals surface area contributed by atoms with Crippen molar-refractivity contribution in [2.45, 2.75) is 46.1 Å². The topological polar surface area (TPSA) is 78.5 Å². The maximum Gasteiger partial charge on any atom is 0.338 e. The summed E-state index contributed by atoms with van der Waals surface area (Å²) in [5.74, 6) is -0.503. The van der Waals surface area contributed by atoms with E-state index in [2.05, 4.69) is 45.0 Å². The lowest BCUT2D eigenvalue weighted by atomic mass is 9.85. The normalized spacial score (nSPS) is 15.2. The van der Waals surface area contributed by atoms with Gasteiger partial charge in [0.2, 0.25) is 0 Å². The number of aryl methyl sites for hydroxylation is 1. The third-order valence-corrected chi connectivity index (χ3v) is 8.88. The number of aromatic nitrogens is 3. The zero-order valence-corrected chi connectivity index (χ0v) is 26.5. The van der Waals surface area contributed by atoms with Crippen LogP contribution in [-0.4, -0.2) is 27.4 Å². The Hall–Kier alpha value is -4.82. The van der Waals surface area contributed by atoms with Gasteiger partial charge in [-0.3, -0.25) is 9.36 Å². The minimum absolute atomic E-state index is 0.0385. The van der Waals surface area contributed by atoms with Gasteiger partial charge >= 0.3 is 5.97 Å². The molecule has 0 spiro atoms. The van der Waals surface area contributed by atoms with Crippen LogP contribution >= 0.6 is 11.3 Å². The molecule has 1 aliphatic rings. The molecule has 6 rings (SSSR count). The van der Waals surface area contributed by atoms with Crippen LogP contribution in [0.3, 0.4) is 0 Å². The van der Waals surface area contributed by atoms with Crippen molar-refractivity contribution in [1.29, 1.82) is 0 Å². The number of rotatable bonds is 5. The quantitative estimate of drug-likeness (QED) is 0.236. The predicted molar refractivity (Wildman–Crippen MR) is 175 cm³/mol. The van der Waals surface area contributed by atoms with E-state index >= 15 is 0 Å². The number of allylic oxidation sites excluding steroid dienone is 1. The maximum absolute atomic E-state index is 14.2. The van der Waals surface area contributed by atoms with E-state index < -0.39 is 12.0 Å². The van der Waals surface area contributed by atoms with Gasteiger partial charge in [0.15, 0.2) is 4.80 Å². The minimum Gasteiger partial charge on any atom is -0.466 e. The van der Waals surface area contributed by atoms with Crippen LogP contribution in [0, 0.1) is 6.92 Å². The van der Waals surface area contributed by atoms with Crippen LogP contribution in [0.15, 0.2) is 106 Å². The summed E-state index contributed by atoms with van der Waals surface area (Å²) >= 11 is 1.30. The highest BCUT2D eigenvalue weighted by Gasteiger charge is 2.33. The van der Waals surface area contributed by atoms with Crippen LogP contribution in [0.1, 0.15) is 56.0 Å². The second-order valence-corrected chi connectivity index (χ2v) is 13.0. The maximum atomic E-state index is 14.2. The van der Waals surface area contributed by atoms with Gasteiger partial charge < -0.3 is 4.74 Å². The summed E-state index contributed by atoms with van der Waals surface area (Å²) in [6, 6.07) is 25.5. The number of benzene rings is 3. The molecule has 0 bridgehead atoms. The number of carbonyl (C=O) groups is 1. The van der Waals surface area contributed by atoms with Crippen molar-refractivity contribution in [1.82, 2.24) is 14.3 Å². The molecule has 8 heteroatoms. The highest BCUT2D eigenvalue weighted by molar-refractivity contribution is 7.07. The Morgan fingerprint density at radius 2 is 1.64 bits per heavy atom. The lowest BCUT2D eigenvalue weighted by Gasteiger charge is -2.25. The number of thiazole rings is 1. The molecule has 0 saturated carbocycles. The van der Waals surface area contributed by atoms with Gasteiger partial charge in [-0.15, -0.1) is 0 Å². The number of nitrogens with zero attached hydrogens (tertiary/aromatic N) is 4. The predicted octanol–water partition coefficient (Wildman–Crippen LogP) is 5.87. The van der Waals surface area contributed by atoms with E-state index in [1.807, 2.05) is 78.5 Å². The summed E-state index contributed by atoms with van der Waals surface area (Å²) in [6.45, 7) is 10.3. The fourth-order valence-corrected chi connectivity index (χ4v) is 6.49. The molecule has 0 radical (unpaired) electrons. The van der Waals surface area contributed by atoms with Crippen LogP contribution in [0.5, 0.6) is 0 Å². The van der Waals surface area contributed by atoms with E-state index in [0.29, 0.717) is 20.6 Å². The highest BCUT2D eigenvalue weighted by Crippen LogP contribution is 2.32. The summed E-state index contributed by atoms with van der Waals surface area (Å²) in [5, 5.41) is 4.93. The molecule has 1 aliphatic heterocycles. The Kier molecular flexibility index (Phi) is 7.55. The fraction of sp³-hybridized carbons (Fsp3) is 0.222. The average molecular weight is 603 g/mol. The second-order valence-electron chi connectivity index (χ2n) is 12.0. The van der Waals surface area contributed by atoms with E-state index in [1.165, 1.54) is 18.4 Å². The number of hydrogen-bond donors (Lipinski definition) is 0. The molecule has 5 aromatic rings. The van der Waals surface area contributed by atoms with Gasteiger partial charge in [-0.2, -0.15) is 5.10 Å². The molecule has 7 nitrogen and oxygen atoms in total. The smallest absolute Gasteiger partial charge is 0.338 e. The second kappa shape index (κ2) is 11.4. The summed E-state index contributed by atoms with van der Waals surface area (Å²) in [7, 11) is 1.35. The van der Waals surface area contributed by atoms with Gasteiger partial charge in [-0.1, -0.05) is 104 Å². The van der Waals surface area contributed by atoms with Crippen molar-refractivity contribution < 1.29 is 9.53 Å². The lowest BCUT2D eigenvalue weighted by Crippen LogP contribution is -2.39. The van der Waals surface area contributed by atoms with Crippen molar-refractivity contribution in [2.24, 2.45) is 4.99 Å². The molecule has 44 heavy (non-hydrogen) atoms. The van der Waals surface area contributed by atoms with E-state index in [0.717, 1.165) is 39.2 Å². The first-order valence-electron chi connectivity index (χ1n) is 14.5. The molecule has 222 valence electrons. The minimum atomic E-state index is -0.668. The summed E-state index contributed by atoms with van der Waals surface area (Å²) in [5.41, 5.74) is 7.18. The zero-order chi connectivity index (χ0) is 31.2. The van der Waals surface area contributed by atoms with Crippen LogP contribution in [0.4, 0.5) is 0 Å². The third-order valence-electron chi connectivity index (χ3n) is 7.89. The van der Waals surface area contributed by atoms with Gasteiger partial charge in [0.1, 0.15) is 0 Å². The van der Waals surface area contributed by atoms with Crippen LogP contribution < -0.4 is 14.9 Å². The molecule has 3 aromatic carbocycles. The largest absolute Gasteiger partial charge is 0.466 e. The number of carbonyl (C=O) groups excluding carboxylic acids is 1. The molecule has 0 fully saturated rings. The van der Waals surface area contributed by atoms with Crippen molar-refractivity contribution in [3.8, 4) is 16.9 Å². The molecule has 2 aromatic heterocycles. The Morgan fingerprint density at radius 3 is 2.27 bits per heavy atom. The van der Waals surface area contributed by atoms with Crippen molar-refractivity contribution in [3.63, 3.8) is 0 Å². The Balaban J connectivity index is 1.55. The molecule has 0 aliphatic carbocycles. The SMILES string of the molecule is COC(=O)C1=C(C)N=c2s/c(=C\c3cn(-c4ccccc4)nc3-c3ccc(C)cc3)c(=O)n2C1c1ccc(C(C)(C)C)cc1. The molecule has 1 atom stereocenters. The van der Waals surface area contributed by atoms with Gasteiger partial charge in [0, 0.05) is 17.3 Å². The first-order chi connectivity index (χ1) is 21.0. The number of methoxy groups -OCH3 is 1. The summed E-state index contributed by atoms with van der Waals surface area (Å²) < 4.78 is 9.13. The van der Waals surface area contributed by atoms with Gasteiger partial charge in [-0.05, 0) is 48.6 Å².